The summed E-state index contributed by atoms with van der Waals surface area (Å²) in [6.07, 6.45) is 0. The first-order chi connectivity index (χ1) is 8.71. The average Bonchev–Trinajstić information content (AvgIpc) is 2.38. The Kier molecular flexibility index (Phi) is 6.63. The number of hydrogen-bond acceptors (Lipinski definition) is 7. The van der Waals surface area contributed by atoms with E-state index in [-0.39, 0.29) is 5.28 Å². The molecule has 0 saturated heterocycles. The van der Waals surface area contributed by atoms with Crippen LogP contribution in [-0.2, 0) is 9.47 Å². The number of aromatic nitrogens is 3. The minimum atomic E-state index is 0.157. The summed E-state index contributed by atoms with van der Waals surface area (Å²) in [7, 11) is 5.02. The highest BCUT2D eigenvalue weighted by atomic mass is 35.5. The number of anilines is 2. The Bertz CT molecular complexity index is 358. The minimum absolute atomic E-state index is 0.157. The molecule has 0 unspecified atom stereocenters. The minimum Gasteiger partial charge on any atom is -0.383 e. The second-order valence-electron chi connectivity index (χ2n) is 3.45. The molecule has 0 atom stereocenters. The van der Waals surface area contributed by atoms with Gasteiger partial charge in [-0.15, -0.1) is 0 Å². The lowest BCUT2D eigenvalue weighted by Crippen LogP contribution is -2.32. The van der Waals surface area contributed by atoms with Gasteiger partial charge < -0.3 is 19.7 Å². The third-order valence-electron chi connectivity index (χ3n) is 2.23. The topological polar surface area (TPSA) is 72.4 Å². The van der Waals surface area contributed by atoms with E-state index in [9.17, 15) is 0 Å². The van der Waals surface area contributed by atoms with Crippen LogP contribution in [-0.4, -0.2) is 62.5 Å². The van der Waals surface area contributed by atoms with E-state index in [4.69, 9.17) is 21.1 Å². The van der Waals surface area contributed by atoms with Gasteiger partial charge in [-0.2, -0.15) is 15.0 Å². The van der Waals surface area contributed by atoms with E-state index in [1.807, 2.05) is 4.90 Å². The van der Waals surface area contributed by atoms with Crippen LogP contribution in [0.2, 0.25) is 5.28 Å². The van der Waals surface area contributed by atoms with Crippen LogP contribution in [0.15, 0.2) is 0 Å². The molecule has 1 N–H and O–H groups in total. The highest BCUT2D eigenvalue weighted by Crippen LogP contribution is 2.13. The van der Waals surface area contributed by atoms with E-state index >= 15 is 0 Å². The van der Waals surface area contributed by atoms with E-state index in [1.165, 1.54) is 0 Å². The molecule has 0 fully saturated rings. The summed E-state index contributed by atoms with van der Waals surface area (Å²) in [6, 6.07) is 0. The van der Waals surface area contributed by atoms with E-state index in [1.54, 1.807) is 21.3 Å². The molecule has 0 bridgehead atoms. The highest BCUT2D eigenvalue weighted by Gasteiger charge is 2.12. The lowest BCUT2D eigenvalue weighted by atomic mass is 10.5. The van der Waals surface area contributed by atoms with Crippen LogP contribution in [0, 0.1) is 0 Å². The van der Waals surface area contributed by atoms with Gasteiger partial charge in [0.05, 0.1) is 13.2 Å². The first-order valence-electron chi connectivity index (χ1n) is 5.53. The van der Waals surface area contributed by atoms with Gasteiger partial charge in [-0.3, -0.25) is 0 Å². The summed E-state index contributed by atoms with van der Waals surface area (Å²) in [4.78, 5) is 14.2. The Hall–Kier alpha value is -1.18. The second kappa shape index (κ2) is 8.02. The number of nitrogens with zero attached hydrogens (tertiary/aromatic N) is 4. The van der Waals surface area contributed by atoms with Gasteiger partial charge >= 0.3 is 0 Å². The molecule has 18 heavy (non-hydrogen) atoms. The third kappa shape index (κ3) is 4.59. The lowest BCUT2D eigenvalue weighted by Gasteiger charge is -2.22. The number of methoxy groups -OCH3 is 2. The Labute approximate surface area is 111 Å². The van der Waals surface area contributed by atoms with Crippen molar-refractivity contribution < 1.29 is 9.47 Å². The first-order valence-corrected chi connectivity index (χ1v) is 5.91. The fourth-order valence-electron chi connectivity index (χ4n) is 1.31. The molecule has 0 aromatic carbocycles. The Morgan fingerprint density at radius 3 is 2.22 bits per heavy atom. The van der Waals surface area contributed by atoms with Gasteiger partial charge in [0.25, 0.3) is 0 Å². The molecule has 7 nitrogen and oxygen atoms in total. The second-order valence-corrected chi connectivity index (χ2v) is 3.79. The summed E-state index contributed by atoms with van der Waals surface area (Å²) in [6.45, 7) is 2.45. The van der Waals surface area contributed by atoms with Crippen molar-refractivity contribution in [3.8, 4) is 0 Å². The lowest BCUT2D eigenvalue weighted by molar-refractivity contribution is 0.189. The summed E-state index contributed by atoms with van der Waals surface area (Å²) in [5.41, 5.74) is 0. The van der Waals surface area contributed by atoms with Gasteiger partial charge in [-0.05, 0) is 11.6 Å². The Balaban J connectivity index is 2.84. The number of halogens is 1. The van der Waals surface area contributed by atoms with Crippen molar-refractivity contribution in [2.24, 2.45) is 0 Å². The molecular weight excluding hydrogens is 258 g/mol. The summed E-state index contributed by atoms with van der Waals surface area (Å²) < 4.78 is 10.1. The zero-order valence-electron chi connectivity index (χ0n) is 10.8. The van der Waals surface area contributed by atoms with Crippen LogP contribution >= 0.6 is 11.6 Å². The van der Waals surface area contributed by atoms with Gasteiger partial charge in [0.1, 0.15) is 0 Å². The predicted molar refractivity (Wildman–Crippen MR) is 70.3 cm³/mol. The zero-order valence-corrected chi connectivity index (χ0v) is 11.6. The van der Waals surface area contributed by atoms with Crippen LogP contribution in [0.3, 0.4) is 0 Å². The molecule has 0 spiro atoms. The maximum Gasteiger partial charge on any atom is 0.231 e. The van der Waals surface area contributed by atoms with Gasteiger partial charge in [0.15, 0.2) is 0 Å². The molecule has 0 aliphatic heterocycles. The van der Waals surface area contributed by atoms with Crippen LogP contribution in [0.5, 0.6) is 0 Å². The molecular formula is C10H18ClN5O2. The molecule has 1 aromatic rings. The SMILES string of the molecule is CNc1nc(Cl)nc(N(CCOC)CCOC)n1. The molecule has 102 valence electrons. The highest BCUT2D eigenvalue weighted by molar-refractivity contribution is 6.28. The van der Waals surface area contributed by atoms with E-state index in [2.05, 4.69) is 20.3 Å². The van der Waals surface area contributed by atoms with Crippen molar-refractivity contribution in [1.82, 2.24) is 15.0 Å². The van der Waals surface area contributed by atoms with Crippen molar-refractivity contribution >= 4 is 23.5 Å². The normalized spacial score (nSPS) is 10.4. The largest absolute Gasteiger partial charge is 0.383 e. The summed E-state index contributed by atoms with van der Waals surface area (Å²) in [5.74, 6) is 0.943. The van der Waals surface area contributed by atoms with Crippen LogP contribution in [0.25, 0.3) is 0 Å². The molecule has 8 heteroatoms. The van der Waals surface area contributed by atoms with E-state index in [0.29, 0.717) is 38.2 Å². The number of rotatable bonds is 8. The molecule has 0 radical (unpaired) electrons. The monoisotopic (exact) mass is 275 g/mol. The summed E-state index contributed by atoms with van der Waals surface area (Å²) >= 11 is 5.85. The number of nitrogens with one attached hydrogen (secondary N) is 1. The van der Waals surface area contributed by atoms with Crippen molar-refractivity contribution in [3.05, 3.63) is 5.28 Å². The fourth-order valence-corrected chi connectivity index (χ4v) is 1.46. The quantitative estimate of drug-likeness (QED) is 0.747. The smallest absolute Gasteiger partial charge is 0.231 e. The van der Waals surface area contributed by atoms with Crippen LogP contribution in [0.4, 0.5) is 11.9 Å². The van der Waals surface area contributed by atoms with E-state index in [0.717, 1.165) is 0 Å². The van der Waals surface area contributed by atoms with Gasteiger partial charge in [0.2, 0.25) is 17.2 Å². The average molecular weight is 276 g/mol. The number of ether oxygens (including phenoxy) is 2. The molecule has 0 saturated carbocycles. The van der Waals surface area contributed by atoms with Gasteiger partial charge in [-0.1, -0.05) is 0 Å². The molecule has 0 amide bonds. The van der Waals surface area contributed by atoms with Crippen molar-refractivity contribution in [2.75, 3.05) is 57.8 Å². The predicted octanol–water partition coefficient (Wildman–Crippen LogP) is 0.666. The van der Waals surface area contributed by atoms with Crippen LogP contribution in [0.1, 0.15) is 0 Å². The van der Waals surface area contributed by atoms with Gasteiger partial charge in [0, 0.05) is 34.4 Å². The van der Waals surface area contributed by atoms with Crippen molar-refractivity contribution in [1.29, 1.82) is 0 Å². The number of hydrogen-bond donors (Lipinski definition) is 1. The molecule has 0 aliphatic carbocycles. The molecule has 0 aliphatic rings. The van der Waals surface area contributed by atoms with Crippen molar-refractivity contribution in [3.63, 3.8) is 0 Å². The van der Waals surface area contributed by atoms with E-state index < -0.39 is 0 Å². The fraction of sp³-hybridized carbons (Fsp3) is 0.700. The van der Waals surface area contributed by atoms with Crippen molar-refractivity contribution in [2.45, 2.75) is 0 Å². The first kappa shape index (κ1) is 14.9. The maximum absolute atomic E-state index is 5.85. The summed E-state index contributed by atoms with van der Waals surface area (Å²) in [5, 5.41) is 3.00. The molecule has 1 aromatic heterocycles. The Morgan fingerprint density at radius 1 is 1.11 bits per heavy atom. The maximum atomic E-state index is 5.85. The third-order valence-corrected chi connectivity index (χ3v) is 2.40. The standard InChI is InChI=1S/C10H18ClN5O2/c1-12-9-13-8(11)14-10(15-9)16(4-6-17-2)5-7-18-3/h4-7H2,1-3H3,(H,12,13,14,15). The zero-order chi connectivity index (χ0) is 13.4. The van der Waals surface area contributed by atoms with Gasteiger partial charge in [-0.25, -0.2) is 0 Å². The molecule has 1 heterocycles. The Morgan fingerprint density at radius 2 is 1.72 bits per heavy atom. The van der Waals surface area contributed by atoms with Crippen LogP contribution < -0.4 is 10.2 Å². The molecule has 1 rings (SSSR count).